The van der Waals surface area contributed by atoms with Crippen molar-refractivity contribution in [2.45, 2.75) is 13.3 Å². The lowest BCUT2D eigenvalue weighted by Crippen LogP contribution is -2.24. The number of nitrogens with one attached hydrogen (secondary N) is 1. The fourth-order valence-corrected chi connectivity index (χ4v) is 0.659. The fraction of sp³-hybridized carbons (Fsp3) is 0.545. The molecule has 8 heteroatoms. The number of carbonyl (C=O) groups excluding carboxylic acids is 1. The van der Waals surface area contributed by atoms with Crippen LogP contribution in [0.1, 0.15) is 13.3 Å². The number of carboxylic acids is 2. The van der Waals surface area contributed by atoms with Gasteiger partial charge in [-0.1, -0.05) is 6.58 Å². The van der Waals surface area contributed by atoms with Crippen molar-refractivity contribution in [2.24, 2.45) is 5.73 Å². The van der Waals surface area contributed by atoms with Gasteiger partial charge in [-0.25, -0.2) is 4.79 Å². The highest BCUT2D eigenvalue weighted by atomic mass is 16.5. The monoisotopic (exact) mass is 276 g/mol. The lowest BCUT2D eigenvalue weighted by atomic mass is 10.4. The van der Waals surface area contributed by atoms with Crippen LogP contribution in [0.25, 0.3) is 0 Å². The number of nitrogens with two attached hydrogens (primary N) is 1. The Kier molecular flexibility index (Phi) is 12.8. The molecule has 5 N–H and O–H groups in total. The molecular weight excluding hydrogens is 256 g/mol. The number of rotatable bonds is 8. The Labute approximate surface area is 111 Å². The third-order valence-corrected chi connectivity index (χ3v) is 1.55. The highest BCUT2D eigenvalue weighted by Gasteiger charge is 2.01. The number of aliphatic carboxylic acids is 2. The first kappa shape index (κ1) is 19.4. The Morgan fingerprint density at radius 2 is 1.74 bits per heavy atom. The van der Waals surface area contributed by atoms with Crippen LogP contribution in [-0.4, -0.2) is 54.4 Å². The van der Waals surface area contributed by atoms with Gasteiger partial charge < -0.3 is 26.0 Å². The van der Waals surface area contributed by atoms with E-state index in [0.717, 1.165) is 0 Å². The van der Waals surface area contributed by atoms with Gasteiger partial charge in [0, 0.05) is 18.7 Å². The molecule has 0 bridgehead atoms. The van der Waals surface area contributed by atoms with E-state index < -0.39 is 17.9 Å². The molecule has 0 aromatic rings. The molecule has 0 saturated carbocycles. The van der Waals surface area contributed by atoms with Gasteiger partial charge in [-0.2, -0.15) is 0 Å². The van der Waals surface area contributed by atoms with Gasteiger partial charge in [0.2, 0.25) is 0 Å². The first-order valence-electron chi connectivity index (χ1n) is 5.48. The van der Waals surface area contributed by atoms with Crippen molar-refractivity contribution in [3.05, 3.63) is 12.2 Å². The van der Waals surface area contributed by atoms with E-state index in [1.54, 1.807) is 6.92 Å². The molecule has 0 unspecified atom stereocenters. The van der Waals surface area contributed by atoms with E-state index in [0.29, 0.717) is 18.7 Å². The molecule has 0 radical (unpaired) electrons. The highest BCUT2D eigenvalue weighted by Crippen LogP contribution is 1.90. The van der Waals surface area contributed by atoms with E-state index in [1.807, 2.05) is 0 Å². The van der Waals surface area contributed by atoms with Gasteiger partial charge in [0.15, 0.2) is 0 Å². The Balaban J connectivity index is 0. The van der Waals surface area contributed by atoms with Gasteiger partial charge in [-0.15, -0.1) is 0 Å². The van der Waals surface area contributed by atoms with Crippen molar-refractivity contribution < 1.29 is 29.3 Å². The number of ether oxygens (including phenoxy) is 1. The number of hydrogen-bond acceptors (Lipinski definition) is 6. The van der Waals surface area contributed by atoms with Crippen molar-refractivity contribution in [1.82, 2.24) is 5.32 Å². The Morgan fingerprint density at radius 3 is 2.11 bits per heavy atom. The average Bonchev–Trinajstić information content (AvgIpc) is 2.33. The predicted octanol–water partition coefficient (Wildman–Crippen LogP) is -0.800. The summed E-state index contributed by atoms with van der Waals surface area (Å²) in [7, 11) is 0. The van der Waals surface area contributed by atoms with Crippen LogP contribution in [0.15, 0.2) is 12.2 Å². The van der Waals surface area contributed by atoms with Crippen LogP contribution in [-0.2, 0) is 19.1 Å². The minimum Gasteiger partial charge on any atom is -0.481 e. The summed E-state index contributed by atoms with van der Waals surface area (Å²) in [6.45, 7) is 5.77. The van der Waals surface area contributed by atoms with E-state index in [9.17, 15) is 14.4 Å². The summed E-state index contributed by atoms with van der Waals surface area (Å²) in [4.78, 5) is 30.2. The molecule has 0 heterocycles. The van der Waals surface area contributed by atoms with E-state index in [-0.39, 0.29) is 19.6 Å². The molecule has 0 fully saturated rings. The number of carboxylic acid groups (broad SMARTS) is 2. The first-order valence-corrected chi connectivity index (χ1v) is 5.48. The molecule has 19 heavy (non-hydrogen) atoms. The largest absolute Gasteiger partial charge is 0.481 e. The quantitative estimate of drug-likeness (QED) is 0.257. The van der Waals surface area contributed by atoms with E-state index >= 15 is 0 Å². The van der Waals surface area contributed by atoms with Crippen LogP contribution < -0.4 is 11.1 Å². The van der Waals surface area contributed by atoms with Gasteiger partial charge in [-0.05, 0) is 6.92 Å². The van der Waals surface area contributed by atoms with Crippen LogP contribution in [0.3, 0.4) is 0 Å². The fourth-order valence-electron chi connectivity index (χ4n) is 0.659. The molecule has 0 rings (SSSR count). The minimum atomic E-state index is -0.968. The molecule has 0 aliphatic carbocycles. The molecule has 0 amide bonds. The second-order valence-corrected chi connectivity index (χ2v) is 3.41. The molecule has 0 spiro atoms. The van der Waals surface area contributed by atoms with Crippen LogP contribution in [0, 0.1) is 0 Å². The molecule has 0 aromatic carbocycles. The maximum atomic E-state index is 10.8. The van der Waals surface area contributed by atoms with Crippen LogP contribution >= 0.6 is 0 Å². The summed E-state index contributed by atoms with van der Waals surface area (Å²) < 4.78 is 4.76. The van der Waals surface area contributed by atoms with Gasteiger partial charge in [-0.3, -0.25) is 9.59 Å². The summed E-state index contributed by atoms with van der Waals surface area (Å²) in [5, 5.41) is 18.7. The third-order valence-electron chi connectivity index (χ3n) is 1.55. The Hall–Kier alpha value is -1.93. The summed E-state index contributed by atoms with van der Waals surface area (Å²) >= 11 is 0. The van der Waals surface area contributed by atoms with Crippen molar-refractivity contribution in [3.8, 4) is 0 Å². The number of hydrogen-bond donors (Lipinski definition) is 4. The van der Waals surface area contributed by atoms with E-state index in [4.69, 9.17) is 14.9 Å². The van der Waals surface area contributed by atoms with Crippen LogP contribution in [0.2, 0.25) is 0 Å². The molecule has 0 atom stereocenters. The smallest absolute Gasteiger partial charge is 0.333 e. The van der Waals surface area contributed by atoms with Crippen molar-refractivity contribution >= 4 is 17.9 Å². The zero-order chi connectivity index (χ0) is 15.3. The van der Waals surface area contributed by atoms with Crippen LogP contribution in [0.4, 0.5) is 0 Å². The van der Waals surface area contributed by atoms with Gasteiger partial charge >= 0.3 is 17.9 Å². The average molecular weight is 276 g/mol. The topological polar surface area (TPSA) is 139 Å². The maximum Gasteiger partial charge on any atom is 0.333 e. The van der Waals surface area contributed by atoms with Crippen molar-refractivity contribution in [2.75, 3.05) is 26.2 Å². The lowest BCUT2D eigenvalue weighted by molar-refractivity contribution is -0.139. The number of carbonyl (C=O) groups is 3. The van der Waals surface area contributed by atoms with E-state index in [2.05, 4.69) is 17.6 Å². The van der Waals surface area contributed by atoms with Gasteiger partial charge in [0.25, 0.3) is 0 Å². The summed E-state index contributed by atoms with van der Waals surface area (Å²) in [6, 6.07) is 0. The standard InChI is InChI=1S/C9H15NO4.C2H5NO2/c1-7(2)9(13)14-6-5-10-4-3-8(11)12;3-1-2(4)5/h10H,1,3-6H2,2H3,(H,11,12);1,3H2,(H,4,5). The molecule has 0 aliphatic rings. The zero-order valence-electron chi connectivity index (χ0n) is 10.8. The number of esters is 1. The predicted molar refractivity (Wildman–Crippen MR) is 67.6 cm³/mol. The lowest BCUT2D eigenvalue weighted by Gasteiger charge is -2.04. The van der Waals surface area contributed by atoms with Gasteiger partial charge in [0.1, 0.15) is 6.61 Å². The molecule has 0 aliphatic heterocycles. The zero-order valence-corrected chi connectivity index (χ0v) is 10.8. The minimum absolute atomic E-state index is 0.0639. The van der Waals surface area contributed by atoms with Crippen LogP contribution in [0.5, 0.6) is 0 Å². The maximum absolute atomic E-state index is 10.8. The molecule has 0 aromatic heterocycles. The summed E-state index contributed by atoms with van der Waals surface area (Å²) in [6.07, 6.45) is 0.0639. The van der Waals surface area contributed by atoms with Crippen molar-refractivity contribution in [1.29, 1.82) is 0 Å². The van der Waals surface area contributed by atoms with Crippen molar-refractivity contribution in [3.63, 3.8) is 0 Å². The molecule has 8 nitrogen and oxygen atoms in total. The summed E-state index contributed by atoms with van der Waals surface area (Å²) in [5.41, 5.74) is 4.93. The first-order chi connectivity index (χ1) is 8.81. The second-order valence-electron chi connectivity index (χ2n) is 3.41. The molecular formula is C11H20N2O6. The van der Waals surface area contributed by atoms with E-state index in [1.165, 1.54) is 0 Å². The second kappa shape index (κ2) is 12.5. The molecule has 0 saturated heterocycles. The van der Waals surface area contributed by atoms with Gasteiger partial charge in [0.05, 0.1) is 13.0 Å². The Morgan fingerprint density at radius 1 is 1.21 bits per heavy atom. The molecule has 110 valence electrons. The third kappa shape index (κ3) is 18.6. The normalized spacial score (nSPS) is 8.95. The Bertz CT molecular complexity index is 316. The SMILES string of the molecule is C=C(C)C(=O)OCCNCCC(=O)O.NCC(=O)O. The summed E-state index contributed by atoms with van der Waals surface area (Å²) in [5.74, 6) is -2.24. The highest BCUT2D eigenvalue weighted by molar-refractivity contribution is 5.86.